The number of carboxylic acid groups (broad SMARTS) is 1. The maximum absolute atomic E-state index is 12.1. The van der Waals surface area contributed by atoms with E-state index in [4.69, 9.17) is 5.11 Å². The van der Waals surface area contributed by atoms with Gasteiger partial charge in [-0.1, -0.05) is 6.92 Å². The van der Waals surface area contributed by atoms with E-state index in [1.165, 1.54) is 16.7 Å². The van der Waals surface area contributed by atoms with Crippen molar-refractivity contribution in [1.29, 1.82) is 0 Å². The Morgan fingerprint density at radius 2 is 2.00 bits per heavy atom. The third kappa shape index (κ3) is 6.71. The Labute approximate surface area is 151 Å². The number of aromatic nitrogens is 1. The highest BCUT2D eigenvalue weighted by molar-refractivity contribution is 7.90. The topological polar surface area (TPSA) is 125 Å². The number of carbonyl (C=O) groups is 2. The van der Waals surface area contributed by atoms with E-state index in [1.807, 2.05) is 0 Å². The zero-order chi connectivity index (χ0) is 18.4. The molecular weight excluding hydrogens is 366 g/mol. The van der Waals surface area contributed by atoms with Gasteiger partial charge >= 0.3 is 5.97 Å². The molecule has 0 aromatic carbocycles. The molecule has 1 aliphatic carbocycles. The molecule has 3 N–H and O–H groups in total. The summed E-state index contributed by atoms with van der Waals surface area (Å²) in [7, 11) is -3.65. The van der Waals surface area contributed by atoms with Crippen LogP contribution in [0, 0.1) is 5.92 Å². The molecule has 1 aromatic heterocycles. The van der Waals surface area contributed by atoms with Gasteiger partial charge in [0, 0.05) is 24.4 Å². The van der Waals surface area contributed by atoms with Crippen LogP contribution < -0.4 is 10.0 Å². The van der Waals surface area contributed by atoms with Gasteiger partial charge < -0.3 is 10.4 Å². The largest absolute Gasteiger partial charge is 0.476 e. The van der Waals surface area contributed by atoms with Crippen LogP contribution in [0.15, 0.2) is 5.38 Å². The lowest BCUT2D eigenvalue weighted by Crippen LogP contribution is -2.42. The second-order valence-electron chi connectivity index (χ2n) is 6.37. The Morgan fingerprint density at radius 1 is 1.32 bits per heavy atom. The van der Waals surface area contributed by atoms with Crippen LogP contribution in [0.5, 0.6) is 0 Å². The molecule has 0 bridgehead atoms. The zero-order valence-electron chi connectivity index (χ0n) is 14.0. The van der Waals surface area contributed by atoms with Gasteiger partial charge in [-0.05, 0) is 31.6 Å². The van der Waals surface area contributed by atoms with Crippen molar-refractivity contribution in [2.75, 3.05) is 12.3 Å². The number of carbonyl (C=O) groups excluding carboxylic acids is 1. The highest BCUT2D eigenvalue weighted by Crippen LogP contribution is 2.23. The first kappa shape index (κ1) is 19.8. The number of hydrogen-bond acceptors (Lipinski definition) is 6. The lowest BCUT2D eigenvalue weighted by Gasteiger charge is -2.26. The minimum Gasteiger partial charge on any atom is -0.476 e. The van der Waals surface area contributed by atoms with Crippen LogP contribution in [0.25, 0.3) is 0 Å². The van der Waals surface area contributed by atoms with Crippen molar-refractivity contribution in [3.8, 4) is 0 Å². The molecule has 0 atom stereocenters. The van der Waals surface area contributed by atoms with Gasteiger partial charge in [0.1, 0.15) is 5.75 Å². The van der Waals surface area contributed by atoms with Crippen LogP contribution in [-0.4, -0.2) is 48.7 Å². The van der Waals surface area contributed by atoms with Gasteiger partial charge in [0.05, 0.1) is 5.01 Å². The Hall–Kier alpha value is -1.52. The monoisotopic (exact) mass is 389 g/mol. The van der Waals surface area contributed by atoms with Crippen molar-refractivity contribution < 1.29 is 23.1 Å². The first-order chi connectivity index (χ1) is 11.7. The summed E-state index contributed by atoms with van der Waals surface area (Å²) in [6.45, 7) is 2.36. The molecule has 2 rings (SSSR count). The third-order valence-corrected chi connectivity index (χ3v) is 6.36. The van der Waals surface area contributed by atoms with E-state index in [-0.39, 0.29) is 18.3 Å². The molecular formula is C15H23N3O5S2. The van der Waals surface area contributed by atoms with Crippen molar-refractivity contribution in [2.45, 2.75) is 45.1 Å². The molecule has 0 radical (unpaired) electrons. The van der Waals surface area contributed by atoms with Crippen LogP contribution in [0.2, 0.25) is 0 Å². The molecule has 25 heavy (non-hydrogen) atoms. The number of thiazole rings is 1. The van der Waals surface area contributed by atoms with Crippen molar-refractivity contribution in [2.24, 2.45) is 5.92 Å². The number of rotatable bonds is 8. The second kappa shape index (κ2) is 8.72. The van der Waals surface area contributed by atoms with E-state index in [2.05, 4.69) is 21.9 Å². The normalized spacial score (nSPS) is 21.0. The van der Waals surface area contributed by atoms with E-state index in [1.54, 1.807) is 0 Å². The van der Waals surface area contributed by atoms with Crippen molar-refractivity contribution in [3.63, 3.8) is 0 Å². The SMILES string of the molecule is CC1CCC(NS(=O)(=O)CC(=O)NCCc2nc(C(=O)O)cs2)CC1. The number of aromatic carboxylic acids is 1. The van der Waals surface area contributed by atoms with Gasteiger partial charge in [0.25, 0.3) is 0 Å². The summed E-state index contributed by atoms with van der Waals surface area (Å²) >= 11 is 1.19. The Kier molecular flexibility index (Phi) is 6.91. The number of nitrogens with one attached hydrogen (secondary N) is 2. The molecule has 0 aliphatic heterocycles. The molecule has 1 saturated carbocycles. The molecule has 140 valence electrons. The average Bonchev–Trinajstić information content (AvgIpc) is 2.98. The molecule has 8 nitrogen and oxygen atoms in total. The fourth-order valence-electron chi connectivity index (χ4n) is 2.73. The van der Waals surface area contributed by atoms with Crippen LogP contribution in [0.3, 0.4) is 0 Å². The highest BCUT2D eigenvalue weighted by atomic mass is 32.2. The minimum absolute atomic E-state index is 0.0279. The van der Waals surface area contributed by atoms with Crippen molar-refractivity contribution >= 4 is 33.2 Å². The molecule has 0 saturated heterocycles. The lowest BCUT2D eigenvalue weighted by atomic mass is 9.88. The quantitative estimate of drug-likeness (QED) is 0.609. The molecule has 1 aromatic rings. The molecule has 0 unspecified atom stereocenters. The number of hydrogen-bond donors (Lipinski definition) is 3. The molecule has 10 heteroatoms. The first-order valence-electron chi connectivity index (χ1n) is 8.19. The van der Waals surface area contributed by atoms with Crippen LogP contribution in [0.1, 0.15) is 48.1 Å². The summed E-state index contributed by atoms with van der Waals surface area (Å²) in [5, 5.41) is 13.3. The highest BCUT2D eigenvalue weighted by Gasteiger charge is 2.24. The maximum atomic E-state index is 12.1. The summed E-state index contributed by atoms with van der Waals surface area (Å²) in [5.41, 5.74) is -0.0279. The molecule has 1 amide bonds. The van der Waals surface area contributed by atoms with Gasteiger partial charge in [-0.15, -0.1) is 11.3 Å². The van der Waals surface area contributed by atoms with Crippen LogP contribution in [-0.2, 0) is 21.2 Å². The average molecular weight is 389 g/mol. The van der Waals surface area contributed by atoms with Crippen molar-refractivity contribution in [1.82, 2.24) is 15.0 Å². The Morgan fingerprint density at radius 3 is 2.60 bits per heavy atom. The lowest BCUT2D eigenvalue weighted by molar-refractivity contribution is -0.118. The predicted octanol–water partition coefficient (Wildman–Crippen LogP) is 0.998. The fourth-order valence-corrected chi connectivity index (χ4v) is 4.78. The zero-order valence-corrected chi connectivity index (χ0v) is 15.7. The molecule has 1 heterocycles. The maximum Gasteiger partial charge on any atom is 0.355 e. The summed E-state index contributed by atoms with van der Waals surface area (Å²) < 4.78 is 26.7. The predicted molar refractivity (Wildman–Crippen MR) is 94.1 cm³/mol. The Balaban J connectivity index is 1.72. The second-order valence-corrected chi connectivity index (χ2v) is 9.06. The van der Waals surface area contributed by atoms with E-state index in [9.17, 15) is 18.0 Å². The van der Waals surface area contributed by atoms with E-state index < -0.39 is 27.7 Å². The smallest absolute Gasteiger partial charge is 0.355 e. The van der Waals surface area contributed by atoms with Gasteiger partial charge in [0.15, 0.2) is 5.69 Å². The molecule has 1 fully saturated rings. The van der Waals surface area contributed by atoms with Gasteiger partial charge in [-0.2, -0.15) is 0 Å². The summed E-state index contributed by atoms with van der Waals surface area (Å²) in [6.07, 6.45) is 3.95. The fraction of sp³-hybridized carbons (Fsp3) is 0.667. The van der Waals surface area contributed by atoms with Gasteiger partial charge in [-0.3, -0.25) is 4.79 Å². The van der Waals surface area contributed by atoms with E-state index in [0.29, 0.717) is 17.3 Å². The summed E-state index contributed by atoms with van der Waals surface area (Å²) in [6, 6.07) is -0.0845. The van der Waals surface area contributed by atoms with Gasteiger partial charge in [-0.25, -0.2) is 22.9 Å². The number of sulfonamides is 1. The number of amides is 1. The number of carboxylic acids is 1. The van der Waals surface area contributed by atoms with E-state index in [0.717, 1.165) is 25.7 Å². The van der Waals surface area contributed by atoms with Crippen LogP contribution >= 0.6 is 11.3 Å². The molecule has 1 aliphatic rings. The van der Waals surface area contributed by atoms with E-state index >= 15 is 0 Å². The Bertz CT molecular complexity index is 709. The van der Waals surface area contributed by atoms with Crippen LogP contribution in [0.4, 0.5) is 0 Å². The molecule has 0 spiro atoms. The summed E-state index contributed by atoms with van der Waals surface area (Å²) in [4.78, 5) is 26.5. The minimum atomic E-state index is -3.65. The van der Waals surface area contributed by atoms with Crippen molar-refractivity contribution in [3.05, 3.63) is 16.1 Å². The summed E-state index contributed by atoms with van der Waals surface area (Å²) in [5.74, 6) is -1.65. The number of nitrogens with zero attached hydrogens (tertiary/aromatic N) is 1. The third-order valence-electron chi connectivity index (χ3n) is 4.12. The standard InChI is InChI=1S/C15H23N3O5S2/c1-10-2-4-11(5-3-10)18-25(22,23)9-13(19)16-7-6-14-17-12(8-24-14)15(20)21/h8,10-11,18H,2-7,9H2,1H3,(H,16,19)(H,20,21). The first-order valence-corrected chi connectivity index (χ1v) is 10.7. The van der Waals surface area contributed by atoms with Gasteiger partial charge in [0.2, 0.25) is 15.9 Å².